The van der Waals surface area contributed by atoms with Crippen molar-refractivity contribution in [2.24, 2.45) is 17.8 Å². The number of benzene rings is 1. The molecule has 2 aromatic heterocycles. The van der Waals surface area contributed by atoms with Crippen molar-refractivity contribution in [3.63, 3.8) is 0 Å². The number of aromatic nitrogens is 4. The van der Waals surface area contributed by atoms with Crippen LogP contribution in [-0.2, 0) is 27.2 Å². The van der Waals surface area contributed by atoms with Gasteiger partial charge in [-0.05, 0) is 68.6 Å². The average Bonchev–Trinajstić information content (AvgIpc) is 3.50. The fourth-order valence-electron chi connectivity index (χ4n) is 6.00. The summed E-state index contributed by atoms with van der Waals surface area (Å²) in [5, 5.41) is 4.54. The van der Waals surface area contributed by atoms with Crippen LogP contribution in [0.25, 0.3) is 5.78 Å². The number of fused-ring (bicyclic) bond motifs is 1. The molecule has 3 aromatic rings. The number of nitrogens with zero attached hydrogens (tertiary/aromatic N) is 4. The molecule has 36 heavy (non-hydrogen) atoms. The summed E-state index contributed by atoms with van der Waals surface area (Å²) < 4.78 is 7.72. The van der Waals surface area contributed by atoms with E-state index in [1.54, 1.807) is 4.52 Å². The first kappa shape index (κ1) is 24.6. The van der Waals surface area contributed by atoms with Crippen LogP contribution < -0.4 is 0 Å². The lowest BCUT2D eigenvalue weighted by Crippen LogP contribution is -2.49. The molecule has 1 aromatic carbocycles. The van der Waals surface area contributed by atoms with Gasteiger partial charge in [-0.2, -0.15) is 4.98 Å². The number of ether oxygens (including phenoxy) is 1. The molecule has 1 aliphatic carbocycles. The Kier molecular flexibility index (Phi) is 6.91. The lowest BCUT2D eigenvalue weighted by molar-refractivity contribution is -0.173. The van der Waals surface area contributed by atoms with Crippen LogP contribution in [0.2, 0.25) is 0 Å². The number of ketones is 1. The number of carbonyl (C=O) groups excluding carboxylic acids is 2. The summed E-state index contributed by atoms with van der Waals surface area (Å²) in [4.78, 5) is 36.0. The zero-order chi connectivity index (χ0) is 25.4. The Morgan fingerprint density at radius 2 is 1.86 bits per heavy atom. The number of Topliss-reactive ketones (excluding diaryl/α,β-unsaturated/α-hetero) is 1. The standard InChI is InChI=1S/C29H36N4O3/c1-17(2)22-11-7-8-20(15-22)12-13-24-26(21-9-5-6-10-21)27(34)23(28(35)36-24)16-25-31-29-30-18(3)14-19(4)33(29)32-25/h7-8,11,14-15,17,21,23-24,26H,5-6,9-10,12-13,16H2,1-4H3. The van der Waals surface area contributed by atoms with E-state index in [2.05, 4.69) is 53.2 Å². The molecule has 190 valence electrons. The van der Waals surface area contributed by atoms with Gasteiger partial charge in [0.05, 0.1) is 5.92 Å². The summed E-state index contributed by atoms with van der Waals surface area (Å²) in [5.74, 6) is 0.169. The first-order valence-corrected chi connectivity index (χ1v) is 13.3. The quantitative estimate of drug-likeness (QED) is 0.345. The number of carbonyl (C=O) groups is 2. The van der Waals surface area contributed by atoms with Gasteiger partial charge in [-0.15, -0.1) is 5.10 Å². The van der Waals surface area contributed by atoms with Crippen molar-refractivity contribution < 1.29 is 14.3 Å². The predicted octanol–water partition coefficient (Wildman–Crippen LogP) is 4.96. The minimum absolute atomic E-state index is 0.0128. The molecule has 2 aliphatic rings. The molecule has 0 radical (unpaired) electrons. The molecule has 5 rings (SSSR count). The molecule has 1 saturated carbocycles. The van der Waals surface area contributed by atoms with Crippen LogP contribution in [0.4, 0.5) is 0 Å². The van der Waals surface area contributed by atoms with E-state index in [0.29, 0.717) is 23.9 Å². The number of hydrogen-bond donors (Lipinski definition) is 0. The van der Waals surface area contributed by atoms with E-state index in [1.807, 2.05) is 19.9 Å². The minimum atomic E-state index is -0.852. The van der Waals surface area contributed by atoms with Gasteiger partial charge in [-0.1, -0.05) is 51.0 Å². The highest BCUT2D eigenvalue weighted by Crippen LogP contribution is 2.40. The Morgan fingerprint density at radius 1 is 1.08 bits per heavy atom. The monoisotopic (exact) mass is 488 g/mol. The van der Waals surface area contributed by atoms with Crippen molar-refractivity contribution in [2.45, 2.75) is 84.7 Å². The zero-order valence-corrected chi connectivity index (χ0v) is 21.7. The summed E-state index contributed by atoms with van der Waals surface area (Å²) >= 11 is 0. The van der Waals surface area contributed by atoms with Gasteiger partial charge in [0.2, 0.25) is 0 Å². The Balaban J connectivity index is 1.36. The normalized spacial score (nSPS) is 23.1. The van der Waals surface area contributed by atoms with Crippen LogP contribution >= 0.6 is 0 Å². The zero-order valence-electron chi connectivity index (χ0n) is 21.7. The van der Waals surface area contributed by atoms with Crippen LogP contribution in [0.3, 0.4) is 0 Å². The summed E-state index contributed by atoms with van der Waals surface area (Å²) in [6.45, 7) is 8.23. The van der Waals surface area contributed by atoms with Gasteiger partial charge >= 0.3 is 5.97 Å². The maximum atomic E-state index is 13.8. The second kappa shape index (κ2) is 10.1. The molecule has 0 spiro atoms. The van der Waals surface area contributed by atoms with Crippen LogP contribution in [-0.4, -0.2) is 37.4 Å². The maximum absolute atomic E-state index is 13.8. The molecule has 0 bridgehead atoms. The van der Waals surface area contributed by atoms with Crippen LogP contribution in [0, 0.1) is 31.6 Å². The van der Waals surface area contributed by atoms with E-state index in [9.17, 15) is 9.59 Å². The van der Waals surface area contributed by atoms with Crippen LogP contribution in [0.5, 0.6) is 0 Å². The van der Waals surface area contributed by atoms with Gasteiger partial charge in [0.25, 0.3) is 5.78 Å². The van der Waals surface area contributed by atoms with Crippen molar-refractivity contribution in [3.8, 4) is 0 Å². The molecule has 0 N–H and O–H groups in total. The highest BCUT2D eigenvalue weighted by Gasteiger charge is 2.48. The van der Waals surface area contributed by atoms with Gasteiger partial charge < -0.3 is 4.74 Å². The largest absolute Gasteiger partial charge is 0.461 e. The topological polar surface area (TPSA) is 86.5 Å². The first-order chi connectivity index (χ1) is 17.3. The van der Waals surface area contributed by atoms with E-state index in [-0.39, 0.29) is 30.1 Å². The number of hydrogen-bond acceptors (Lipinski definition) is 6. The van der Waals surface area contributed by atoms with Crippen LogP contribution in [0.15, 0.2) is 30.3 Å². The molecule has 7 heteroatoms. The van der Waals surface area contributed by atoms with Crippen LogP contribution in [0.1, 0.15) is 80.2 Å². The van der Waals surface area contributed by atoms with Gasteiger partial charge in [0.15, 0.2) is 11.6 Å². The smallest absolute Gasteiger partial charge is 0.317 e. The highest BCUT2D eigenvalue weighted by molar-refractivity contribution is 6.02. The minimum Gasteiger partial charge on any atom is -0.461 e. The van der Waals surface area contributed by atoms with E-state index < -0.39 is 11.9 Å². The average molecular weight is 489 g/mol. The molecule has 1 saturated heterocycles. The highest BCUT2D eigenvalue weighted by atomic mass is 16.5. The second-order valence-electron chi connectivity index (χ2n) is 10.9. The van der Waals surface area contributed by atoms with E-state index >= 15 is 0 Å². The Morgan fingerprint density at radius 3 is 2.61 bits per heavy atom. The summed E-state index contributed by atoms with van der Waals surface area (Å²) in [5.41, 5.74) is 4.30. The summed E-state index contributed by atoms with van der Waals surface area (Å²) in [6.07, 6.45) is 5.56. The van der Waals surface area contributed by atoms with Gasteiger partial charge in [0, 0.05) is 17.8 Å². The predicted molar refractivity (Wildman–Crippen MR) is 137 cm³/mol. The van der Waals surface area contributed by atoms with E-state index in [0.717, 1.165) is 43.5 Å². The molecule has 1 aliphatic heterocycles. The second-order valence-corrected chi connectivity index (χ2v) is 10.9. The van der Waals surface area contributed by atoms with E-state index in [4.69, 9.17) is 4.74 Å². The van der Waals surface area contributed by atoms with Crippen molar-refractivity contribution in [3.05, 3.63) is 58.7 Å². The number of cyclic esters (lactones) is 1. The van der Waals surface area contributed by atoms with Crippen molar-refractivity contribution >= 4 is 17.5 Å². The number of aryl methyl sites for hydroxylation is 3. The van der Waals surface area contributed by atoms with E-state index in [1.165, 1.54) is 11.1 Å². The third kappa shape index (κ3) is 4.93. The van der Waals surface area contributed by atoms with Crippen molar-refractivity contribution in [2.75, 3.05) is 0 Å². The molecular formula is C29H36N4O3. The number of esters is 1. The molecule has 3 heterocycles. The van der Waals surface area contributed by atoms with Gasteiger partial charge in [0.1, 0.15) is 12.0 Å². The molecule has 3 atom stereocenters. The van der Waals surface area contributed by atoms with Gasteiger partial charge in [-0.25, -0.2) is 9.50 Å². The van der Waals surface area contributed by atoms with Crippen molar-refractivity contribution in [1.82, 2.24) is 19.6 Å². The SMILES string of the molecule is Cc1cc(C)n2nc(CC3C(=O)OC(CCc4cccc(C(C)C)c4)C(C4CCCC4)C3=O)nc2n1. The summed E-state index contributed by atoms with van der Waals surface area (Å²) in [7, 11) is 0. The lowest BCUT2D eigenvalue weighted by Gasteiger charge is -2.37. The van der Waals surface area contributed by atoms with Crippen molar-refractivity contribution in [1.29, 1.82) is 0 Å². The Labute approximate surface area is 212 Å². The molecule has 0 amide bonds. The molecule has 3 unspecified atom stereocenters. The maximum Gasteiger partial charge on any atom is 0.317 e. The third-order valence-electron chi connectivity index (χ3n) is 7.92. The fraction of sp³-hybridized carbons (Fsp3) is 0.552. The molecule has 7 nitrogen and oxygen atoms in total. The molecule has 2 fully saturated rings. The summed E-state index contributed by atoms with van der Waals surface area (Å²) in [6, 6.07) is 10.5. The van der Waals surface area contributed by atoms with Gasteiger partial charge in [-0.3, -0.25) is 9.59 Å². The Bertz CT molecular complexity index is 1270. The molecular weight excluding hydrogens is 452 g/mol. The first-order valence-electron chi connectivity index (χ1n) is 13.3. The lowest BCUT2D eigenvalue weighted by atomic mass is 9.74. The fourth-order valence-corrected chi connectivity index (χ4v) is 6.00. The third-order valence-corrected chi connectivity index (χ3v) is 7.92. The Hall–Kier alpha value is -3.09. The number of rotatable bonds is 7.